The van der Waals surface area contributed by atoms with E-state index in [0.29, 0.717) is 24.7 Å². The highest BCUT2D eigenvalue weighted by molar-refractivity contribution is 5.85. The summed E-state index contributed by atoms with van der Waals surface area (Å²) in [5.74, 6) is 20.9. The van der Waals surface area contributed by atoms with Gasteiger partial charge < -0.3 is 52.0 Å². The number of rotatable bonds is 18. The lowest BCUT2D eigenvalue weighted by molar-refractivity contribution is -0.168. The highest BCUT2D eigenvalue weighted by atomic mass is 35.5. The lowest BCUT2D eigenvalue weighted by Crippen LogP contribution is -2.23. The number of halogens is 1. The molecule has 3 atom stereocenters. The smallest absolute Gasteiger partial charge is 0.316 e. The maximum Gasteiger partial charge on any atom is 0.316 e. The fraction of sp³-hybridized carbons (Fsp3) is 0.590. The monoisotopic (exact) mass is 790 g/mol. The number of ether oxygens (including phenoxy) is 8. The van der Waals surface area contributed by atoms with Crippen LogP contribution in [0.3, 0.4) is 0 Å². The predicted octanol–water partition coefficient (Wildman–Crippen LogP) is 3.94. The van der Waals surface area contributed by atoms with Gasteiger partial charge in [0.05, 0.1) is 40.6 Å². The van der Waals surface area contributed by atoms with E-state index in [1.54, 1.807) is 12.1 Å². The fourth-order valence-electron chi connectivity index (χ4n) is 4.59. The molecule has 2 aromatic heterocycles. The first-order valence-electron chi connectivity index (χ1n) is 17.5. The van der Waals surface area contributed by atoms with Crippen LogP contribution >= 0.6 is 12.4 Å². The molecule has 1 fully saturated rings. The minimum Gasteiger partial charge on any atom is -0.468 e. The molecule has 0 bridgehead atoms. The number of carbonyl (C=O) groups is 2. The van der Waals surface area contributed by atoms with Gasteiger partial charge in [-0.1, -0.05) is 39.5 Å². The first-order chi connectivity index (χ1) is 26.2. The van der Waals surface area contributed by atoms with Crippen molar-refractivity contribution in [3.05, 3.63) is 23.7 Å². The zero-order chi connectivity index (χ0) is 39.4. The number of methoxy groups -OCH3 is 2. The molecule has 1 aliphatic heterocycles. The zero-order valence-corrected chi connectivity index (χ0v) is 33.0. The summed E-state index contributed by atoms with van der Waals surface area (Å²) in [6, 6.07) is 3.13. The molecule has 3 rings (SSSR count). The van der Waals surface area contributed by atoms with Gasteiger partial charge in [-0.2, -0.15) is 0 Å². The number of hydrogen-bond donors (Lipinski definition) is 1. The van der Waals surface area contributed by atoms with Gasteiger partial charge in [0.2, 0.25) is 0 Å². The van der Waals surface area contributed by atoms with Crippen molar-refractivity contribution in [3.8, 4) is 59.1 Å². The van der Waals surface area contributed by atoms with Crippen molar-refractivity contribution in [1.82, 2.24) is 10.3 Å². The van der Waals surface area contributed by atoms with Crippen LogP contribution in [0.2, 0.25) is 0 Å². The van der Waals surface area contributed by atoms with Crippen molar-refractivity contribution >= 4 is 24.3 Å². The molecule has 2 aromatic rings. The Labute approximate surface area is 329 Å². The van der Waals surface area contributed by atoms with E-state index in [9.17, 15) is 9.59 Å². The van der Waals surface area contributed by atoms with Crippen molar-refractivity contribution in [1.29, 1.82) is 0 Å². The largest absolute Gasteiger partial charge is 0.468 e. The Morgan fingerprint density at radius 3 is 1.64 bits per heavy atom. The molecule has 302 valence electrons. The molecule has 3 unspecified atom stereocenters. The van der Waals surface area contributed by atoms with Crippen LogP contribution in [0.15, 0.2) is 21.2 Å². The summed E-state index contributed by atoms with van der Waals surface area (Å²) in [5, 5.41) is 16.0. The maximum absolute atomic E-state index is 11.9. The second kappa shape index (κ2) is 29.6. The number of aromatic nitrogens is 2. The molecule has 1 aliphatic rings. The lowest BCUT2D eigenvalue weighted by atomic mass is 9.93. The third kappa shape index (κ3) is 20.0. The third-order valence-corrected chi connectivity index (χ3v) is 7.19. The average Bonchev–Trinajstić information content (AvgIpc) is 3.83. The molecule has 0 saturated carbocycles. The Morgan fingerprint density at radius 1 is 0.745 bits per heavy atom. The molecule has 1 N–H and O–H groups in total. The number of carbonyl (C=O) groups excluding carboxylic acids is 2. The molecule has 1 saturated heterocycles. The Kier molecular flexibility index (Phi) is 26.0. The molecule has 0 aliphatic carbocycles. The molecule has 3 heterocycles. The van der Waals surface area contributed by atoms with Gasteiger partial charge in [-0.15, -0.1) is 12.4 Å². The molecule has 0 radical (unpaired) electrons. The molecule has 0 aromatic carbocycles. The van der Waals surface area contributed by atoms with Gasteiger partial charge in [-0.3, -0.25) is 9.59 Å². The highest BCUT2D eigenvalue weighted by Gasteiger charge is 2.30. The first kappa shape index (κ1) is 48.3. The normalized spacial score (nSPS) is 13.9. The third-order valence-electron chi connectivity index (χ3n) is 7.19. The summed E-state index contributed by atoms with van der Waals surface area (Å²) in [7, 11) is 2.67. The van der Waals surface area contributed by atoms with Crippen LogP contribution in [0.25, 0.3) is 0 Å². The summed E-state index contributed by atoms with van der Waals surface area (Å²) >= 11 is 0. The minimum atomic E-state index is -0.532. The topological polar surface area (TPSA) is 180 Å². The van der Waals surface area contributed by atoms with Crippen LogP contribution in [-0.2, 0) is 38.0 Å². The number of nitrogens with zero attached hydrogens (tertiary/aromatic N) is 2. The quantitative estimate of drug-likeness (QED) is 0.130. The van der Waals surface area contributed by atoms with Gasteiger partial charge in [-0.25, -0.2) is 0 Å². The maximum atomic E-state index is 11.9. The van der Waals surface area contributed by atoms with Crippen molar-refractivity contribution < 1.29 is 61.6 Å². The zero-order valence-electron chi connectivity index (χ0n) is 32.2. The van der Waals surface area contributed by atoms with Crippen LogP contribution in [0.5, 0.6) is 11.8 Å². The summed E-state index contributed by atoms with van der Waals surface area (Å²) in [6.45, 7) is 10.2. The molecule has 0 spiro atoms. The number of hydrogen-bond acceptors (Lipinski definition) is 15. The Balaban J connectivity index is 0.000000554. The highest BCUT2D eigenvalue weighted by Crippen LogP contribution is 2.29. The standard InChI is InChI=1S/C22H29NO7.C17H21NO6.ClH/c1-17(2)21(22(24)25-3)18-16-19(23-30-18)27-12-8-5-4-7-11-26-14-15-29-20-10-6-9-13-28-20;1-13(2)16(17(20)21-3)14-12-15(18-24-14)23-10-7-5-4-6-9-22-11-8-19;/h16-17,20-21H,6,9-15H2,1-3H3;12-13,16,19H,8-11H2,1-3H3;1H. The molecule has 55 heavy (non-hydrogen) atoms. The lowest BCUT2D eigenvalue weighted by Gasteiger charge is -2.22. The number of esters is 2. The van der Waals surface area contributed by atoms with Gasteiger partial charge >= 0.3 is 11.9 Å². The second-order valence-electron chi connectivity index (χ2n) is 11.9. The first-order valence-corrected chi connectivity index (χ1v) is 17.5. The van der Waals surface area contributed by atoms with Crippen LogP contribution in [0.4, 0.5) is 0 Å². The average molecular weight is 791 g/mol. The molecule has 16 heteroatoms. The molecular formula is C39H51ClN2O13. The van der Waals surface area contributed by atoms with E-state index >= 15 is 0 Å². The van der Waals surface area contributed by atoms with Crippen LogP contribution in [-0.4, -0.2) is 107 Å². The minimum absolute atomic E-state index is 0. The van der Waals surface area contributed by atoms with Gasteiger partial charge in [-0.05, 0) is 76.9 Å². The fourth-order valence-corrected chi connectivity index (χ4v) is 4.59. The van der Waals surface area contributed by atoms with Crippen LogP contribution < -0.4 is 9.47 Å². The van der Waals surface area contributed by atoms with Crippen molar-refractivity contribution in [2.75, 3.05) is 73.7 Å². The van der Waals surface area contributed by atoms with E-state index in [0.717, 1.165) is 25.9 Å². The van der Waals surface area contributed by atoms with E-state index < -0.39 is 11.8 Å². The summed E-state index contributed by atoms with van der Waals surface area (Å²) < 4.78 is 52.0. The van der Waals surface area contributed by atoms with E-state index in [1.807, 2.05) is 27.7 Å². The van der Waals surface area contributed by atoms with Crippen LogP contribution in [0.1, 0.15) is 70.3 Å². The van der Waals surface area contributed by atoms with E-state index in [-0.39, 0.29) is 93.9 Å². The van der Waals surface area contributed by atoms with Gasteiger partial charge in [0.15, 0.2) is 31.0 Å². The molecular weight excluding hydrogens is 740 g/mol. The summed E-state index contributed by atoms with van der Waals surface area (Å²) in [6.07, 6.45) is 3.09. The van der Waals surface area contributed by atoms with E-state index in [1.165, 1.54) is 14.2 Å². The van der Waals surface area contributed by atoms with E-state index in [2.05, 4.69) is 57.7 Å². The van der Waals surface area contributed by atoms with Gasteiger partial charge in [0.1, 0.15) is 25.0 Å². The number of aliphatic hydroxyl groups is 1. The van der Waals surface area contributed by atoms with E-state index in [4.69, 9.17) is 52.0 Å². The van der Waals surface area contributed by atoms with Gasteiger partial charge in [0.25, 0.3) is 11.8 Å². The molecule has 0 amide bonds. The second-order valence-corrected chi connectivity index (χ2v) is 11.9. The Morgan fingerprint density at radius 2 is 1.22 bits per heavy atom. The van der Waals surface area contributed by atoms with Crippen molar-refractivity contribution in [2.24, 2.45) is 11.8 Å². The van der Waals surface area contributed by atoms with Crippen molar-refractivity contribution in [3.63, 3.8) is 0 Å². The molecule has 15 nitrogen and oxygen atoms in total. The SMILES string of the molecule is COC(=O)C(c1cc(OCC#CC#CCOCCO)no1)C(C)C.COC(=O)C(c1cc(OCC#CC#CCOCCOC2CCCCO2)no1)C(C)C.Cl. The predicted molar refractivity (Wildman–Crippen MR) is 200 cm³/mol. The Bertz CT molecular complexity index is 1640. The van der Waals surface area contributed by atoms with Gasteiger partial charge in [0, 0.05) is 18.7 Å². The summed E-state index contributed by atoms with van der Waals surface area (Å²) in [5.41, 5.74) is 0. The Hall–Kier alpha value is -4.71. The number of aliphatic hydroxyl groups excluding tert-OH is 1. The van der Waals surface area contributed by atoms with Crippen molar-refractivity contribution in [2.45, 2.75) is 65.1 Å². The van der Waals surface area contributed by atoms with Crippen LogP contribution in [0, 0.1) is 59.2 Å². The summed E-state index contributed by atoms with van der Waals surface area (Å²) in [4.78, 5) is 23.6.